The first kappa shape index (κ1) is 12.7. The van der Waals surface area contributed by atoms with Crippen LogP contribution >= 0.6 is 0 Å². The number of halogens is 1. The molecule has 0 fully saturated rings. The number of carbonyl (C=O) groups excluding carboxylic acids is 1. The number of allylic oxidation sites excluding steroid dienone is 3. The Morgan fingerprint density at radius 2 is 2.25 bits per heavy atom. The molecule has 0 N–H and O–H groups in total. The van der Waals surface area contributed by atoms with Crippen molar-refractivity contribution in [3.05, 3.63) is 36.0 Å². The highest BCUT2D eigenvalue weighted by Gasteiger charge is 2.28. The van der Waals surface area contributed by atoms with Gasteiger partial charge >= 0.3 is 0 Å². The largest absolute Gasteiger partial charge is 0.338 e. The Hall–Kier alpha value is -1.38. The van der Waals surface area contributed by atoms with Crippen LogP contribution in [0.25, 0.3) is 0 Å². The van der Waals surface area contributed by atoms with Gasteiger partial charge in [0.2, 0.25) is 5.91 Å². The fraction of sp³-hybridized carbons (Fsp3) is 0.462. The maximum atomic E-state index is 14.4. The molecule has 1 rings (SSSR count). The van der Waals surface area contributed by atoms with Crippen molar-refractivity contribution < 1.29 is 9.18 Å². The summed E-state index contributed by atoms with van der Waals surface area (Å²) in [5.41, 5.74) is 0.0231. The van der Waals surface area contributed by atoms with Gasteiger partial charge < -0.3 is 4.90 Å². The van der Waals surface area contributed by atoms with Crippen molar-refractivity contribution in [2.24, 2.45) is 0 Å². The Morgan fingerprint density at radius 3 is 2.81 bits per heavy atom. The van der Waals surface area contributed by atoms with Crippen molar-refractivity contribution >= 4 is 5.91 Å². The van der Waals surface area contributed by atoms with E-state index in [4.69, 9.17) is 0 Å². The molecule has 0 aromatic rings. The van der Waals surface area contributed by atoms with E-state index >= 15 is 0 Å². The average molecular weight is 223 g/mol. The van der Waals surface area contributed by atoms with Crippen LogP contribution in [0.5, 0.6) is 0 Å². The molecule has 1 heterocycles. The predicted molar refractivity (Wildman–Crippen MR) is 63.8 cm³/mol. The molecule has 1 aliphatic heterocycles. The standard InChI is InChI=1S/C13H18FNO/c1-5-8-13(3,14)11-6-7-12(16)15(4)9-10(11)2/h5-7H,1,8-9H2,2-4H3. The lowest BCUT2D eigenvalue weighted by atomic mass is 9.90. The molecule has 0 aromatic heterocycles. The molecule has 1 unspecified atom stereocenters. The molecular weight excluding hydrogens is 205 g/mol. The second-order valence-electron chi connectivity index (χ2n) is 4.41. The van der Waals surface area contributed by atoms with Crippen molar-refractivity contribution in [2.45, 2.75) is 25.9 Å². The molecule has 0 spiro atoms. The summed E-state index contributed by atoms with van der Waals surface area (Å²) in [4.78, 5) is 13.0. The quantitative estimate of drug-likeness (QED) is 0.673. The second kappa shape index (κ2) is 4.64. The maximum absolute atomic E-state index is 14.4. The van der Waals surface area contributed by atoms with Crippen molar-refractivity contribution in [3.8, 4) is 0 Å². The SMILES string of the molecule is C=CCC(C)(F)C1=C(C)CN(C)C(=O)C=C1. The Balaban J connectivity index is 3.09. The Morgan fingerprint density at radius 1 is 1.62 bits per heavy atom. The topological polar surface area (TPSA) is 20.3 Å². The minimum absolute atomic E-state index is 0.0937. The molecule has 1 amide bonds. The number of hydrogen-bond acceptors (Lipinski definition) is 1. The summed E-state index contributed by atoms with van der Waals surface area (Å²) in [7, 11) is 1.71. The van der Waals surface area contributed by atoms with Gasteiger partial charge in [0.25, 0.3) is 0 Å². The number of nitrogens with zero attached hydrogens (tertiary/aromatic N) is 1. The summed E-state index contributed by atoms with van der Waals surface area (Å²) in [5, 5.41) is 0. The van der Waals surface area contributed by atoms with Gasteiger partial charge in [-0.1, -0.05) is 12.2 Å². The molecule has 2 nitrogen and oxygen atoms in total. The van der Waals surface area contributed by atoms with Gasteiger partial charge in [-0.25, -0.2) is 4.39 Å². The zero-order valence-electron chi connectivity index (χ0n) is 10.1. The van der Waals surface area contributed by atoms with Crippen LogP contribution in [0.4, 0.5) is 4.39 Å². The molecule has 1 atom stereocenters. The first-order valence-electron chi connectivity index (χ1n) is 5.31. The van der Waals surface area contributed by atoms with Crippen LogP contribution in [0.3, 0.4) is 0 Å². The smallest absolute Gasteiger partial charge is 0.246 e. The number of amides is 1. The molecule has 16 heavy (non-hydrogen) atoms. The van der Waals surface area contributed by atoms with E-state index in [-0.39, 0.29) is 12.3 Å². The minimum Gasteiger partial charge on any atom is -0.338 e. The molecule has 0 aromatic carbocycles. The molecule has 0 saturated carbocycles. The first-order valence-corrected chi connectivity index (χ1v) is 5.31. The number of hydrogen-bond donors (Lipinski definition) is 0. The molecule has 0 radical (unpaired) electrons. The van der Waals surface area contributed by atoms with Crippen molar-refractivity contribution in [3.63, 3.8) is 0 Å². The molecule has 3 heteroatoms. The van der Waals surface area contributed by atoms with Gasteiger partial charge in [-0.05, 0) is 25.0 Å². The van der Waals surface area contributed by atoms with E-state index in [9.17, 15) is 9.18 Å². The second-order valence-corrected chi connectivity index (χ2v) is 4.41. The average Bonchev–Trinajstić information content (AvgIpc) is 2.27. The van der Waals surface area contributed by atoms with E-state index in [0.717, 1.165) is 5.57 Å². The monoisotopic (exact) mass is 223 g/mol. The van der Waals surface area contributed by atoms with E-state index in [2.05, 4.69) is 6.58 Å². The van der Waals surface area contributed by atoms with E-state index in [1.54, 1.807) is 24.1 Å². The van der Waals surface area contributed by atoms with Gasteiger partial charge in [0, 0.05) is 26.1 Å². The summed E-state index contributed by atoms with van der Waals surface area (Å²) in [6.07, 6.45) is 4.82. The van der Waals surface area contributed by atoms with Crippen LogP contribution in [0.15, 0.2) is 36.0 Å². The van der Waals surface area contributed by atoms with Crippen molar-refractivity contribution in [1.29, 1.82) is 0 Å². The molecule has 1 aliphatic rings. The summed E-state index contributed by atoms with van der Waals surface area (Å²) >= 11 is 0. The van der Waals surface area contributed by atoms with E-state index in [1.165, 1.54) is 13.0 Å². The number of rotatable bonds is 3. The van der Waals surface area contributed by atoms with Gasteiger partial charge in [-0.15, -0.1) is 6.58 Å². The van der Waals surface area contributed by atoms with E-state index in [1.807, 2.05) is 6.92 Å². The number of alkyl halides is 1. The molecule has 0 aliphatic carbocycles. The summed E-state index contributed by atoms with van der Waals surface area (Å²) in [5.74, 6) is -0.0937. The van der Waals surface area contributed by atoms with Crippen molar-refractivity contribution in [1.82, 2.24) is 4.90 Å². The maximum Gasteiger partial charge on any atom is 0.246 e. The third-order valence-electron chi connectivity index (χ3n) is 2.79. The fourth-order valence-electron chi connectivity index (χ4n) is 1.94. The van der Waals surface area contributed by atoms with Gasteiger partial charge in [0.05, 0.1) is 0 Å². The fourth-order valence-corrected chi connectivity index (χ4v) is 1.94. The lowest BCUT2D eigenvalue weighted by molar-refractivity contribution is -0.124. The van der Waals surface area contributed by atoms with Crippen LogP contribution in [-0.2, 0) is 4.79 Å². The van der Waals surface area contributed by atoms with E-state index in [0.29, 0.717) is 12.1 Å². The van der Waals surface area contributed by atoms with Crippen LogP contribution in [-0.4, -0.2) is 30.1 Å². The summed E-state index contributed by atoms with van der Waals surface area (Å²) < 4.78 is 14.4. The highest BCUT2D eigenvalue weighted by Crippen LogP contribution is 2.30. The molecule has 0 bridgehead atoms. The van der Waals surface area contributed by atoms with Crippen LogP contribution < -0.4 is 0 Å². The van der Waals surface area contributed by atoms with Gasteiger partial charge in [-0.2, -0.15) is 0 Å². The summed E-state index contributed by atoms with van der Waals surface area (Å²) in [6.45, 7) is 7.40. The lowest BCUT2D eigenvalue weighted by Gasteiger charge is -2.23. The van der Waals surface area contributed by atoms with E-state index < -0.39 is 5.67 Å². The predicted octanol–water partition coefficient (Wildman–Crippen LogP) is 2.64. The van der Waals surface area contributed by atoms with Gasteiger partial charge in [0.1, 0.15) is 5.67 Å². The highest BCUT2D eigenvalue weighted by molar-refractivity contribution is 5.88. The number of likely N-dealkylation sites (N-methyl/N-ethyl adjacent to an activating group) is 1. The van der Waals surface area contributed by atoms with Gasteiger partial charge in [-0.3, -0.25) is 4.79 Å². The van der Waals surface area contributed by atoms with Crippen LogP contribution in [0.1, 0.15) is 20.3 Å². The van der Waals surface area contributed by atoms with Crippen LogP contribution in [0, 0.1) is 0 Å². The Bertz CT molecular complexity index is 366. The Kier molecular flexibility index (Phi) is 3.68. The third-order valence-corrected chi connectivity index (χ3v) is 2.79. The molecular formula is C13H18FNO. The third kappa shape index (κ3) is 2.60. The van der Waals surface area contributed by atoms with Gasteiger partial charge in [0.15, 0.2) is 0 Å². The van der Waals surface area contributed by atoms with Crippen LogP contribution in [0.2, 0.25) is 0 Å². The minimum atomic E-state index is -1.45. The van der Waals surface area contributed by atoms with Crippen molar-refractivity contribution in [2.75, 3.05) is 13.6 Å². The zero-order valence-corrected chi connectivity index (χ0v) is 10.1. The zero-order chi connectivity index (χ0) is 12.3. The first-order chi connectivity index (χ1) is 7.38. The number of carbonyl (C=O) groups is 1. The normalized spacial score (nSPS) is 20.8. The summed E-state index contributed by atoms with van der Waals surface area (Å²) in [6, 6.07) is 0. The Labute approximate surface area is 96.1 Å². The highest BCUT2D eigenvalue weighted by atomic mass is 19.1. The lowest BCUT2D eigenvalue weighted by Crippen LogP contribution is -2.26. The molecule has 0 saturated heterocycles. The molecule has 88 valence electrons.